The van der Waals surface area contributed by atoms with E-state index in [4.69, 9.17) is 4.74 Å². The van der Waals surface area contributed by atoms with Gasteiger partial charge in [0.2, 0.25) is 0 Å². The third-order valence-corrected chi connectivity index (χ3v) is 2.91. The van der Waals surface area contributed by atoms with Gasteiger partial charge in [0.05, 0.1) is 13.3 Å². The molecule has 0 amide bonds. The topological polar surface area (TPSA) is 59.3 Å². The van der Waals surface area contributed by atoms with Crippen LogP contribution in [-0.2, 0) is 19.6 Å². The van der Waals surface area contributed by atoms with Gasteiger partial charge in [0.1, 0.15) is 0 Å². The third-order valence-electron chi connectivity index (χ3n) is 2.91. The number of aromatic nitrogens is 2. The maximum Gasteiger partial charge on any atom is 0.160 e. The van der Waals surface area contributed by atoms with E-state index in [0.29, 0.717) is 12.3 Å². The Balaban J connectivity index is 1.88. The number of hydrogen-bond acceptors (Lipinski definition) is 4. The van der Waals surface area contributed by atoms with Gasteiger partial charge in [-0.3, -0.25) is 4.68 Å². The molecule has 2 aromatic rings. The summed E-state index contributed by atoms with van der Waals surface area (Å²) < 4.78 is 6.98. The molecule has 2 N–H and O–H groups in total. The lowest BCUT2D eigenvalue weighted by atomic mass is 10.2. The fourth-order valence-electron chi connectivity index (χ4n) is 1.85. The molecule has 0 unspecified atom stereocenters. The second-order valence-corrected chi connectivity index (χ2v) is 4.31. The second-order valence-electron chi connectivity index (χ2n) is 4.31. The molecule has 0 bridgehead atoms. The van der Waals surface area contributed by atoms with E-state index in [1.807, 2.05) is 29.2 Å². The summed E-state index contributed by atoms with van der Waals surface area (Å²) in [7, 11) is 1.55. The Hall–Kier alpha value is -2.01. The van der Waals surface area contributed by atoms with Crippen molar-refractivity contribution in [2.45, 2.75) is 26.6 Å². The highest BCUT2D eigenvalue weighted by molar-refractivity contribution is 5.41. The summed E-state index contributed by atoms with van der Waals surface area (Å²) in [6.07, 6.45) is 3.90. The van der Waals surface area contributed by atoms with Crippen LogP contribution in [-0.4, -0.2) is 22.0 Å². The van der Waals surface area contributed by atoms with Gasteiger partial charge in [-0.15, -0.1) is 0 Å². The monoisotopic (exact) mass is 261 g/mol. The van der Waals surface area contributed by atoms with Crippen molar-refractivity contribution in [3.8, 4) is 11.5 Å². The summed E-state index contributed by atoms with van der Waals surface area (Å²) in [6.45, 7) is 4.43. The molecule has 0 atom stereocenters. The van der Waals surface area contributed by atoms with Crippen LogP contribution in [0.5, 0.6) is 11.5 Å². The van der Waals surface area contributed by atoms with E-state index in [1.165, 1.54) is 0 Å². The zero-order chi connectivity index (χ0) is 13.7. The van der Waals surface area contributed by atoms with Gasteiger partial charge in [-0.1, -0.05) is 6.07 Å². The van der Waals surface area contributed by atoms with Crippen LogP contribution in [0.15, 0.2) is 30.6 Å². The first-order valence-corrected chi connectivity index (χ1v) is 6.31. The largest absolute Gasteiger partial charge is 0.504 e. The number of benzene rings is 1. The summed E-state index contributed by atoms with van der Waals surface area (Å²) in [6, 6.07) is 5.35. The Labute approximate surface area is 112 Å². The number of nitrogens with zero attached hydrogens (tertiary/aromatic N) is 2. The van der Waals surface area contributed by atoms with E-state index in [-0.39, 0.29) is 5.75 Å². The van der Waals surface area contributed by atoms with Crippen LogP contribution < -0.4 is 10.1 Å². The minimum Gasteiger partial charge on any atom is -0.504 e. The fraction of sp³-hybridized carbons (Fsp3) is 0.357. The van der Waals surface area contributed by atoms with Crippen molar-refractivity contribution in [3.05, 3.63) is 41.7 Å². The van der Waals surface area contributed by atoms with Gasteiger partial charge in [-0.2, -0.15) is 5.10 Å². The van der Waals surface area contributed by atoms with Crippen LogP contribution in [0.4, 0.5) is 0 Å². The SMILES string of the molecule is CCn1cc(CNCc2ccc(O)c(OC)c2)cn1. The van der Waals surface area contributed by atoms with Gasteiger partial charge in [0.25, 0.3) is 0 Å². The summed E-state index contributed by atoms with van der Waals surface area (Å²) in [5.74, 6) is 0.661. The lowest BCUT2D eigenvalue weighted by Gasteiger charge is -2.07. The summed E-state index contributed by atoms with van der Waals surface area (Å²) in [4.78, 5) is 0. The maximum atomic E-state index is 9.51. The number of ether oxygens (including phenoxy) is 1. The molecule has 2 rings (SSSR count). The third kappa shape index (κ3) is 3.48. The van der Waals surface area contributed by atoms with Gasteiger partial charge < -0.3 is 15.2 Å². The molecule has 0 aliphatic carbocycles. The van der Waals surface area contributed by atoms with Crippen LogP contribution in [0.1, 0.15) is 18.1 Å². The van der Waals surface area contributed by atoms with Gasteiger partial charge in [0.15, 0.2) is 11.5 Å². The minimum atomic E-state index is 0.162. The predicted octanol–water partition coefficient (Wildman–Crippen LogP) is 1.91. The fourth-order valence-corrected chi connectivity index (χ4v) is 1.85. The van der Waals surface area contributed by atoms with E-state index in [0.717, 1.165) is 24.2 Å². The van der Waals surface area contributed by atoms with Crippen LogP contribution >= 0.6 is 0 Å². The van der Waals surface area contributed by atoms with E-state index in [9.17, 15) is 5.11 Å². The number of nitrogens with one attached hydrogen (secondary N) is 1. The van der Waals surface area contributed by atoms with Crippen LogP contribution in [0.2, 0.25) is 0 Å². The lowest BCUT2D eigenvalue weighted by molar-refractivity contribution is 0.373. The van der Waals surface area contributed by atoms with Gasteiger partial charge in [-0.05, 0) is 24.6 Å². The average molecular weight is 261 g/mol. The van der Waals surface area contributed by atoms with Crippen molar-refractivity contribution in [2.24, 2.45) is 0 Å². The number of hydrogen-bond donors (Lipinski definition) is 2. The molecule has 1 heterocycles. The molecule has 0 radical (unpaired) electrons. The normalized spacial score (nSPS) is 10.6. The van der Waals surface area contributed by atoms with E-state index >= 15 is 0 Å². The predicted molar refractivity (Wildman–Crippen MR) is 73.1 cm³/mol. The summed E-state index contributed by atoms with van der Waals surface area (Å²) >= 11 is 0. The van der Waals surface area contributed by atoms with Crippen molar-refractivity contribution >= 4 is 0 Å². The second kappa shape index (κ2) is 6.24. The number of aryl methyl sites for hydroxylation is 1. The van der Waals surface area contributed by atoms with Crippen molar-refractivity contribution in [3.63, 3.8) is 0 Å². The molecule has 0 aliphatic heterocycles. The van der Waals surface area contributed by atoms with Crippen molar-refractivity contribution in [1.82, 2.24) is 15.1 Å². The Bertz CT molecular complexity index is 537. The molecule has 102 valence electrons. The quantitative estimate of drug-likeness (QED) is 0.834. The average Bonchev–Trinajstić information content (AvgIpc) is 2.88. The highest BCUT2D eigenvalue weighted by Gasteiger charge is 2.03. The smallest absolute Gasteiger partial charge is 0.160 e. The van der Waals surface area contributed by atoms with Gasteiger partial charge >= 0.3 is 0 Å². The maximum absolute atomic E-state index is 9.51. The molecule has 19 heavy (non-hydrogen) atoms. The Morgan fingerprint density at radius 1 is 1.32 bits per heavy atom. The minimum absolute atomic E-state index is 0.162. The molecule has 5 heteroatoms. The Kier molecular flexibility index (Phi) is 4.41. The number of phenolic OH excluding ortho intramolecular Hbond substituents is 1. The molecule has 0 fully saturated rings. The van der Waals surface area contributed by atoms with Gasteiger partial charge in [-0.25, -0.2) is 0 Å². The van der Waals surface area contributed by atoms with Crippen molar-refractivity contribution < 1.29 is 9.84 Å². The number of methoxy groups -OCH3 is 1. The zero-order valence-corrected chi connectivity index (χ0v) is 11.3. The number of phenols is 1. The molecule has 0 spiro atoms. The van der Waals surface area contributed by atoms with Crippen LogP contribution in [0, 0.1) is 0 Å². The van der Waals surface area contributed by atoms with E-state index < -0.39 is 0 Å². The first kappa shape index (κ1) is 13.4. The summed E-state index contributed by atoms with van der Waals surface area (Å²) in [5.41, 5.74) is 2.23. The standard InChI is InChI=1S/C14H19N3O2/c1-3-17-10-12(9-16-17)8-15-7-11-4-5-13(18)14(6-11)19-2/h4-6,9-10,15,18H,3,7-8H2,1-2H3. The molecule has 0 aliphatic rings. The molecular weight excluding hydrogens is 242 g/mol. The molecule has 1 aromatic carbocycles. The lowest BCUT2D eigenvalue weighted by Crippen LogP contribution is -2.12. The van der Waals surface area contributed by atoms with E-state index in [2.05, 4.69) is 17.3 Å². The first-order chi connectivity index (χ1) is 9.22. The van der Waals surface area contributed by atoms with Crippen molar-refractivity contribution in [2.75, 3.05) is 7.11 Å². The van der Waals surface area contributed by atoms with Crippen molar-refractivity contribution in [1.29, 1.82) is 0 Å². The zero-order valence-electron chi connectivity index (χ0n) is 11.3. The highest BCUT2D eigenvalue weighted by Crippen LogP contribution is 2.26. The Morgan fingerprint density at radius 3 is 2.79 bits per heavy atom. The highest BCUT2D eigenvalue weighted by atomic mass is 16.5. The number of rotatable bonds is 6. The molecule has 1 aromatic heterocycles. The van der Waals surface area contributed by atoms with Gasteiger partial charge in [0, 0.05) is 31.4 Å². The van der Waals surface area contributed by atoms with E-state index in [1.54, 1.807) is 13.2 Å². The number of aromatic hydroxyl groups is 1. The summed E-state index contributed by atoms with van der Waals surface area (Å²) in [5, 5.41) is 17.1. The van der Waals surface area contributed by atoms with Crippen LogP contribution in [0.3, 0.4) is 0 Å². The molecular formula is C14H19N3O2. The molecule has 0 saturated heterocycles. The molecule has 5 nitrogen and oxygen atoms in total. The molecule has 0 saturated carbocycles. The Morgan fingerprint density at radius 2 is 2.11 bits per heavy atom. The first-order valence-electron chi connectivity index (χ1n) is 6.31. The van der Waals surface area contributed by atoms with Crippen LogP contribution in [0.25, 0.3) is 0 Å².